The largest absolute Gasteiger partial charge is 0.480 e. The number of carbonyl (C=O) groups excluding carboxylic acids is 1. The van der Waals surface area contributed by atoms with Crippen LogP contribution in [-0.4, -0.2) is 39.6 Å². The minimum absolute atomic E-state index is 0.0839. The molecule has 100 valence electrons. The molecule has 0 aliphatic heterocycles. The third-order valence-corrected chi connectivity index (χ3v) is 3.82. The molecule has 0 saturated heterocycles. The number of carbonyl (C=O) groups is 2. The molecule has 0 aliphatic carbocycles. The van der Waals surface area contributed by atoms with Crippen molar-refractivity contribution in [2.45, 2.75) is 50.9 Å². The summed E-state index contributed by atoms with van der Waals surface area (Å²) in [7, 11) is 0. The Morgan fingerprint density at radius 3 is 2.41 bits per heavy atom. The molecule has 1 amide bonds. The van der Waals surface area contributed by atoms with Gasteiger partial charge in [0.05, 0.1) is 5.25 Å². The zero-order chi connectivity index (χ0) is 13.6. The molecular formula is C11H22N2O3S. The highest BCUT2D eigenvalue weighted by molar-refractivity contribution is 8.00. The molecule has 0 bridgehead atoms. The van der Waals surface area contributed by atoms with Crippen LogP contribution in [0, 0.1) is 0 Å². The minimum atomic E-state index is -1.04. The lowest BCUT2D eigenvalue weighted by atomic mass is 10.0. The molecule has 1 unspecified atom stereocenters. The second kappa shape index (κ2) is 6.86. The van der Waals surface area contributed by atoms with Gasteiger partial charge in [-0.1, -0.05) is 6.92 Å². The molecule has 0 aromatic heterocycles. The van der Waals surface area contributed by atoms with Gasteiger partial charge in [0.1, 0.15) is 6.04 Å². The second-order valence-corrected chi connectivity index (χ2v) is 6.02. The van der Waals surface area contributed by atoms with Crippen molar-refractivity contribution in [2.24, 2.45) is 5.73 Å². The zero-order valence-electron chi connectivity index (χ0n) is 10.8. The normalized spacial score (nSPS) is 15.1. The topological polar surface area (TPSA) is 92.4 Å². The van der Waals surface area contributed by atoms with E-state index in [4.69, 9.17) is 10.8 Å². The first kappa shape index (κ1) is 16.2. The lowest BCUT2D eigenvalue weighted by Crippen LogP contribution is -2.46. The van der Waals surface area contributed by atoms with Crippen molar-refractivity contribution in [3.05, 3.63) is 0 Å². The summed E-state index contributed by atoms with van der Waals surface area (Å²) >= 11 is 1.25. The number of rotatable bonds is 7. The maximum atomic E-state index is 11.8. The van der Waals surface area contributed by atoms with E-state index in [2.05, 4.69) is 5.32 Å². The van der Waals surface area contributed by atoms with E-state index in [1.54, 1.807) is 6.92 Å². The monoisotopic (exact) mass is 262 g/mol. The molecule has 0 aromatic rings. The van der Waals surface area contributed by atoms with Crippen LogP contribution >= 0.6 is 11.8 Å². The number of hydrogen-bond donors (Lipinski definition) is 3. The number of nitrogens with one attached hydrogen (secondary N) is 1. The molecule has 4 N–H and O–H groups in total. The molecule has 0 spiro atoms. The van der Waals surface area contributed by atoms with E-state index >= 15 is 0 Å². The Hall–Kier alpha value is -0.750. The summed E-state index contributed by atoms with van der Waals surface area (Å²) in [5.41, 5.74) is 5.13. The highest BCUT2D eigenvalue weighted by Gasteiger charge is 2.23. The van der Waals surface area contributed by atoms with Gasteiger partial charge in [-0.05, 0) is 27.2 Å². The van der Waals surface area contributed by atoms with Crippen LogP contribution in [0.4, 0.5) is 0 Å². The molecule has 2 atom stereocenters. The second-order valence-electron chi connectivity index (χ2n) is 4.65. The smallest absolute Gasteiger partial charge is 0.321 e. The first-order valence-corrected chi connectivity index (χ1v) is 6.66. The fourth-order valence-corrected chi connectivity index (χ4v) is 1.77. The highest BCUT2D eigenvalue weighted by atomic mass is 32.2. The standard InChI is InChI=1S/C11H22N2O3S/c1-5-11(3,4)13-9(14)7(2)17-6-8(12)10(15)16/h7-8H,5-6,12H2,1-4H3,(H,13,14)(H,15,16)/t7?,8-/m1/s1. The predicted molar refractivity (Wildman–Crippen MR) is 70.0 cm³/mol. The number of aliphatic carboxylic acids is 1. The average molecular weight is 262 g/mol. The number of amides is 1. The quantitative estimate of drug-likeness (QED) is 0.632. The van der Waals surface area contributed by atoms with E-state index in [1.807, 2.05) is 20.8 Å². The van der Waals surface area contributed by atoms with Crippen molar-refractivity contribution in [3.63, 3.8) is 0 Å². The van der Waals surface area contributed by atoms with Crippen molar-refractivity contribution in [1.29, 1.82) is 0 Å². The SMILES string of the molecule is CCC(C)(C)NC(=O)C(C)SC[C@@H](N)C(=O)O. The van der Waals surface area contributed by atoms with Crippen molar-refractivity contribution in [1.82, 2.24) is 5.32 Å². The Morgan fingerprint density at radius 2 is 2.00 bits per heavy atom. The summed E-state index contributed by atoms with van der Waals surface area (Å²) in [5, 5.41) is 11.2. The number of hydrogen-bond acceptors (Lipinski definition) is 4. The van der Waals surface area contributed by atoms with Crippen LogP contribution in [0.5, 0.6) is 0 Å². The maximum absolute atomic E-state index is 11.8. The molecule has 0 rings (SSSR count). The molecule has 17 heavy (non-hydrogen) atoms. The molecule has 0 aromatic carbocycles. The van der Waals surface area contributed by atoms with Crippen LogP contribution in [0.15, 0.2) is 0 Å². The molecule has 6 heteroatoms. The summed E-state index contributed by atoms with van der Waals surface area (Å²) in [6.45, 7) is 7.65. The van der Waals surface area contributed by atoms with Crippen LogP contribution in [0.2, 0.25) is 0 Å². The fourth-order valence-electron chi connectivity index (χ4n) is 0.919. The van der Waals surface area contributed by atoms with Gasteiger partial charge in [0.25, 0.3) is 0 Å². The molecule has 0 aliphatic rings. The van der Waals surface area contributed by atoms with Crippen molar-refractivity contribution < 1.29 is 14.7 Å². The summed E-state index contributed by atoms with van der Waals surface area (Å²) in [4.78, 5) is 22.3. The highest BCUT2D eigenvalue weighted by Crippen LogP contribution is 2.14. The van der Waals surface area contributed by atoms with Gasteiger partial charge < -0.3 is 16.2 Å². The molecule has 0 heterocycles. The van der Waals surface area contributed by atoms with Crippen LogP contribution in [0.3, 0.4) is 0 Å². The predicted octanol–water partition coefficient (Wildman–Crippen LogP) is 0.825. The average Bonchev–Trinajstić information content (AvgIpc) is 2.24. The van der Waals surface area contributed by atoms with Crippen molar-refractivity contribution in [3.8, 4) is 0 Å². The summed E-state index contributed by atoms with van der Waals surface area (Å²) in [6, 6.07) is -0.922. The molecule has 0 fully saturated rings. The van der Waals surface area contributed by atoms with Gasteiger partial charge in [-0.2, -0.15) is 0 Å². The number of carboxylic acid groups (broad SMARTS) is 1. The van der Waals surface area contributed by atoms with Gasteiger partial charge in [0, 0.05) is 11.3 Å². The van der Waals surface area contributed by atoms with Gasteiger partial charge in [0.2, 0.25) is 5.91 Å². The van der Waals surface area contributed by atoms with E-state index in [9.17, 15) is 9.59 Å². The Labute approximate surface area is 107 Å². The van der Waals surface area contributed by atoms with Crippen molar-refractivity contribution >= 4 is 23.6 Å². The van der Waals surface area contributed by atoms with Gasteiger partial charge in [0.15, 0.2) is 0 Å². The van der Waals surface area contributed by atoms with Crippen LogP contribution in [-0.2, 0) is 9.59 Å². The molecule has 0 radical (unpaired) electrons. The molecular weight excluding hydrogens is 240 g/mol. The lowest BCUT2D eigenvalue weighted by molar-refractivity contribution is -0.138. The van der Waals surface area contributed by atoms with Crippen LogP contribution in [0.25, 0.3) is 0 Å². The Balaban J connectivity index is 4.11. The maximum Gasteiger partial charge on any atom is 0.321 e. The Morgan fingerprint density at radius 1 is 1.47 bits per heavy atom. The molecule has 5 nitrogen and oxygen atoms in total. The van der Waals surface area contributed by atoms with Crippen LogP contribution in [0.1, 0.15) is 34.1 Å². The molecule has 0 saturated carbocycles. The fraction of sp³-hybridized carbons (Fsp3) is 0.818. The van der Waals surface area contributed by atoms with Gasteiger partial charge >= 0.3 is 5.97 Å². The van der Waals surface area contributed by atoms with E-state index in [1.165, 1.54) is 11.8 Å². The first-order chi connectivity index (χ1) is 7.69. The Kier molecular flexibility index (Phi) is 6.56. The van der Waals surface area contributed by atoms with Crippen LogP contribution < -0.4 is 11.1 Å². The van der Waals surface area contributed by atoms with E-state index < -0.39 is 12.0 Å². The van der Waals surface area contributed by atoms with Gasteiger partial charge in [-0.25, -0.2) is 0 Å². The summed E-state index contributed by atoms with van der Waals surface area (Å²) in [5.74, 6) is -0.894. The van der Waals surface area contributed by atoms with Crippen molar-refractivity contribution in [2.75, 3.05) is 5.75 Å². The third kappa shape index (κ3) is 6.53. The summed E-state index contributed by atoms with van der Waals surface area (Å²) in [6.07, 6.45) is 0.838. The van der Waals surface area contributed by atoms with E-state index in [0.717, 1.165) is 6.42 Å². The van der Waals surface area contributed by atoms with Gasteiger partial charge in [-0.15, -0.1) is 11.8 Å². The number of thioether (sulfide) groups is 1. The lowest BCUT2D eigenvalue weighted by Gasteiger charge is -2.26. The first-order valence-electron chi connectivity index (χ1n) is 5.61. The number of nitrogens with two attached hydrogens (primary N) is 1. The zero-order valence-corrected chi connectivity index (χ0v) is 11.6. The van der Waals surface area contributed by atoms with Gasteiger partial charge in [-0.3, -0.25) is 9.59 Å². The van der Waals surface area contributed by atoms with E-state index in [-0.39, 0.29) is 22.4 Å². The number of carboxylic acids is 1. The third-order valence-electron chi connectivity index (χ3n) is 2.56. The summed E-state index contributed by atoms with van der Waals surface area (Å²) < 4.78 is 0. The Bertz CT molecular complexity index is 282. The minimum Gasteiger partial charge on any atom is -0.480 e. The van der Waals surface area contributed by atoms with E-state index in [0.29, 0.717) is 0 Å².